The number of likely N-dealkylation sites (N-methyl/N-ethyl adjacent to an activating group) is 1. The van der Waals surface area contributed by atoms with Gasteiger partial charge in [-0.05, 0) is 44.5 Å². The van der Waals surface area contributed by atoms with Crippen LogP contribution in [-0.2, 0) is 6.54 Å². The predicted molar refractivity (Wildman–Crippen MR) is 90.6 cm³/mol. The van der Waals surface area contributed by atoms with E-state index in [1.54, 1.807) is 17.5 Å². The Morgan fingerprint density at radius 2 is 2.00 bits per heavy atom. The maximum Gasteiger partial charge on any atom is 0.125 e. The third-order valence-corrected chi connectivity index (χ3v) is 4.47. The van der Waals surface area contributed by atoms with Gasteiger partial charge in [0.25, 0.3) is 0 Å². The van der Waals surface area contributed by atoms with Crippen molar-refractivity contribution in [3.8, 4) is 5.75 Å². The van der Waals surface area contributed by atoms with Crippen LogP contribution in [0.15, 0.2) is 23.7 Å². The second kappa shape index (κ2) is 7.72. The fourth-order valence-electron chi connectivity index (χ4n) is 2.37. The van der Waals surface area contributed by atoms with Gasteiger partial charge in [0, 0.05) is 18.1 Å². The van der Waals surface area contributed by atoms with E-state index < -0.39 is 6.10 Å². The number of benzene rings is 1. The number of ether oxygens (including phenoxy) is 1. The molecule has 1 N–H and O–H groups in total. The first-order valence-electron chi connectivity index (χ1n) is 7.42. The highest BCUT2D eigenvalue weighted by molar-refractivity contribution is 7.09. The highest BCUT2D eigenvalue weighted by Crippen LogP contribution is 2.25. The number of aromatic nitrogens is 1. The van der Waals surface area contributed by atoms with E-state index in [1.807, 2.05) is 19.4 Å². The molecular formula is C17H24N2O2S. The van der Waals surface area contributed by atoms with E-state index >= 15 is 0 Å². The number of nitrogens with zero attached hydrogens (tertiary/aromatic N) is 2. The van der Waals surface area contributed by atoms with Crippen LogP contribution in [0.5, 0.6) is 5.75 Å². The molecule has 0 bridgehead atoms. The number of hydrogen-bond donors (Lipinski definition) is 1. The van der Waals surface area contributed by atoms with E-state index in [0.29, 0.717) is 13.2 Å². The van der Waals surface area contributed by atoms with Crippen molar-refractivity contribution in [2.45, 2.75) is 33.4 Å². The lowest BCUT2D eigenvalue weighted by Gasteiger charge is -2.21. The molecule has 2 rings (SSSR count). The summed E-state index contributed by atoms with van der Waals surface area (Å²) in [6.45, 7) is 7.76. The van der Waals surface area contributed by atoms with Crippen molar-refractivity contribution in [2.24, 2.45) is 0 Å². The van der Waals surface area contributed by atoms with Crippen molar-refractivity contribution in [2.75, 3.05) is 20.2 Å². The second-order valence-corrected chi connectivity index (χ2v) is 6.72. The van der Waals surface area contributed by atoms with Crippen LogP contribution in [-0.4, -0.2) is 41.3 Å². The summed E-state index contributed by atoms with van der Waals surface area (Å²) in [5.74, 6) is 0.890. The highest BCUT2D eigenvalue weighted by Gasteiger charge is 2.13. The monoisotopic (exact) mass is 320 g/mol. The molecule has 0 radical (unpaired) electrons. The SMILES string of the molecule is Cc1ccc(C)c(OCC(O)CN(C)Cc2nccs2)c1C. The molecule has 0 amide bonds. The summed E-state index contributed by atoms with van der Waals surface area (Å²) in [6.07, 6.45) is 1.28. The number of thiazole rings is 1. The summed E-state index contributed by atoms with van der Waals surface area (Å²) in [5.41, 5.74) is 3.45. The molecule has 2 aromatic rings. The van der Waals surface area contributed by atoms with Gasteiger partial charge in [0.1, 0.15) is 23.5 Å². The smallest absolute Gasteiger partial charge is 0.125 e. The lowest BCUT2D eigenvalue weighted by molar-refractivity contribution is 0.0738. The maximum atomic E-state index is 10.2. The van der Waals surface area contributed by atoms with E-state index in [0.717, 1.165) is 28.4 Å². The first-order chi connectivity index (χ1) is 10.5. The molecule has 0 saturated carbocycles. The lowest BCUT2D eigenvalue weighted by atomic mass is 10.1. The Kier molecular flexibility index (Phi) is 5.94. The molecule has 120 valence electrons. The van der Waals surface area contributed by atoms with Crippen LogP contribution in [0.3, 0.4) is 0 Å². The minimum absolute atomic E-state index is 0.299. The van der Waals surface area contributed by atoms with Gasteiger partial charge in [0.15, 0.2) is 0 Å². The van der Waals surface area contributed by atoms with Gasteiger partial charge in [-0.2, -0.15) is 0 Å². The molecule has 22 heavy (non-hydrogen) atoms. The highest BCUT2D eigenvalue weighted by atomic mass is 32.1. The van der Waals surface area contributed by atoms with Crippen LogP contribution >= 0.6 is 11.3 Å². The summed E-state index contributed by atoms with van der Waals surface area (Å²) >= 11 is 1.63. The van der Waals surface area contributed by atoms with Crippen molar-refractivity contribution >= 4 is 11.3 Å². The molecule has 4 nitrogen and oxygen atoms in total. The average molecular weight is 320 g/mol. The molecule has 0 aliphatic rings. The van der Waals surface area contributed by atoms with Crippen LogP contribution < -0.4 is 4.74 Å². The van der Waals surface area contributed by atoms with E-state index in [-0.39, 0.29) is 0 Å². The van der Waals surface area contributed by atoms with Crippen LogP contribution in [0, 0.1) is 20.8 Å². The average Bonchev–Trinajstić information content (AvgIpc) is 2.95. The number of aliphatic hydroxyl groups is 1. The van der Waals surface area contributed by atoms with Gasteiger partial charge in [-0.1, -0.05) is 12.1 Å². The molecule has 1 heterocycles. The summed E-state index contributed by atoms with van der Waals surface area (Å²) in [7, 11) is 1.98. The summed E-state index contributed by atoms with van der Waals surface area (Å²) in [6, 6.07) is 4.15. The van der Waals surface area contributed by atoms with Gasteiger partial charge in [0.05, 0.1) is 6.54 Å². The Balaban J connectivity index is 1.85. The van der Waals surface area contributed by atoms with Gasteiger partial charge in [-0.25, -0.2) is 4.98 Å². The van der Waals surface area contributed by atoms with Crippen molar-refractivity contribution < 1.29 is 9.84 Å². The molecule has 1 aromatic carbocycles. The van der Waals surface area contributed by atoms with Gasteiger partial charge in [-0.3, -0.25) is 4.90 Å². The van der Waals surface area contributed by atoms with E-state index in [9.17, 15) is 5.11 Å². The lowest BCUT2D eigenvalue weighted by Crippen LogP contribution is -2.32. The molecule has 0 saturated heterocycles. The number of aryl methyl sites for hydroxylation is 2. The Labute approximate surface area is 136 Å². The number of hydrogen-bond acceptors (Lipinski definition) is 5. The molecule has 1 aromatic heterocycles. The zero-order valence-electron chi connectivity index (χ0n) is 13.7. The Bertz CT molecular complexity index is 599. The third-order valence-electron chi connectivity index (χ3n) is 3.70. The largest absolute Gasteiger partial charge is 0.490 e. The van der Waals surface area contributed by atoms with Crippen LogP contribution in [0.2, 0.25) is 0 Å². The van der Waals surface area contributed by atoms with Crippen molar-refractivity contribution in [1.29, 1.82) is 0 Å². The zero-order chi connectivity index (χ0) is 16.1. The number of rotatable bonds is 7. The van der Waals surface area contributed by atoms with Gasteiger partial charge in [0.2, 0.25) is 0 Å². The standard InChI is InChI=1S/C17H24N2O2S/c1-12-5-6-13(2)17(14(12)3)21-11-15(20)9-19(4)10-16-18-7-8-22-16/h5-8,15,20H,9-11H2,1-4H3. The minimum atomic E-state index is -0.524. The van der Waals surface area contributed by atoms with Crippen molar-refractivity contribution in [3.63, 3.8) is 0 Å². The van der Waals surface area contributed by atoms with Gasteiger partial charge >= 0.3 is 0 Å². The molecule has 0 aliphatic heterocycles. The van der Waals surface area contributed by atoms with E-state index in [2.05, 4.69) is 35.9 Å². The van der Waals surface area contributed by atoms with E-state index in [4.69, 9.17) is 4.74 Å². The molecule has 0 fully saturated rings. The molecule has 0 aliphatic carbocycles. The van der Waals surface area contributed by atoms with Crippen LogP contribution in [0.25, 0.3) is 0 Å². The summed E-state index contributed by atoms with van der Waals surface area (Å²) in [4.78, 5) is 6.31. The molecular weight excluding hydrogens is 296 g/mol. The Hall–Kier alpha value is -1.43. The van der Waals surface area contributed by atoms with E-state index in [1.165, 1.54) is 5.56 Å². The van der Waals surface area contributed by atoms with Crippen LogP contribution in [0.4, 0.5) is 0 Å². The number of aliphatic hydroxyl groups excluding tert-OH is 1. The fourth-order valence-corrected chi connectivity index (χ4v) is 3.06. The Morgan fingerprint density at radius 1 is 1.27 bits per heavy atom. The molecule has 5 heteroatoms. The third kappa shape index (κ3) is 4.53. The minimum Gasteiger partial charge on any atom is -0.490 e. The Morgan fingerprint density at radius 3 is 2.68 bits per heavy atom. The molecule has 0 spiro atoms. The zero-order valence-corrected chi connectivity index (χ0v) is 14.5. The first kappa shape index (κ1) is 16.9. The van der Waals surface area contributed by atoms with Gasteiger partial charge in [-0.15, -0.1) is 11.3 Å². The van der Waals surface area contributed by atoms with Gasteiger partial charge < -0.3 is 9.84 Å². The maximum absolute atomic E-state index is 10.2. The fraction of sp³-hybridized carbons (Fsp3) is 0.471. The molecule has 1 unspecified atom stereocenters. The summed E-state index contributed by atoms with van der Waals surface area (Å²) in [5, 5.41) is 13.2. The second-order valence-electron chi connectivity index (χ2n) is 5.74. The summed E-state index contributed by atoms with van der Waals surface area (Å²) < 4.78 is 5.86. The van der Waals surface area contributed by atoms with Crippen molar-refractivity contribution in [1.82, 2.24) is 9.88 Å². The van der Waals surface area contributed by atoms with Crippen LogP contribution in [0.1, 0.15) is 21.7 Å². The molecule has 1 atom stereocenters. The predicted octanol–water partition coefficient (Wildman–Crippen LogP) is 2.94. The quantitative estimate of drug-likeness (QED) is 0.852. The first-order valence-corrected chi connectivity index (χ1v) is 8.30. The topological polar surface area (TPSA) is 45.6 Å². The normalized spacial score (nSPS) is 12.6. The van der Waals surface area contributed by atoms with Crippen molar-refractivity contribution in [3.05, 3.63) is 45.4 Å².